The van der Waals surface area contributed by atoms with E-state index >= 15 is 0 Å². The molecule has 1 aromatic rings. The van der Waals surface area contributed by atoms with E-state index in [4.69, 9.17) is 11.6 Å². The Morgan fingerprint density at radius 2 is 2.05 bits per heavy atom. The Kier molecular flexibility index (Phi) is 4.64. The third-order valence-corrected chi connectivity index (χ3v) is 4.56. The van der Waals surface area contributed by atoms with Crippen LogP contribution < -0.4 is 16.0 Å². The van der Waals surface area contributed by atoms with Gasteiger partial charge in [-0.05, 0) is 31.0 Å². The average Bonchev–Trinajstić information content (AvgIpc) is 2.48. The molecule has 3 atom stereocenters. The van der Waals surface area contributed by atoms with E-state index in [0.717, 1.165) is 19.3 Å². The second-order valence-electron chi connectivity index (χ2n) is 5.99. The highest BCUT2D eigenvalue weighted by Crippen LogP contribution is 2.22. The Morgan fingerprint density at radius 3 is 2.82 bits per heavy atom. The zero-order valence-corrected chi connectivity index (χ0v) is 13.0. The molecule has 22 heavy (non-hydrogen) atoms. The molecule has 3 rings (SSSR count). The van der Waals surface area contributed by atoms with Gasteiger partial charge >= 0.3 is 0 Å². The highest BCUT2D eigenvalue weighted by molar-refractivity contribution is 6.30. The number of amides is 2. The van der Waals surface area contributed by atoms with Gasteiger partial charge in [0.15, 0.2) is 0 Å². The van der Waals surface area contributed by atoms with Crippen molar-refractivity contribution in [2.24, 2.45) is 0 Å². The number of anilines is 1. The fourth-order valence-electron chi connectivity index (χ4n) is 3.24. The van der Waals surface area contributed by atoms with Crippen LogP contribution in [0.1, 0.15) is 32.1 Å². The lowest BCUT2D eigenvalue weighted by Crippen LogP contribution is -2.65. The first-order valence-corrected chi connectivity index (χ1v) is 8.11. The van der Waals surface area contributed by atoms with E-state index in [1.54, 1.807) is 24.3 Å². The second kappa shape index (κ2) is 6.67. The van der Waals surface area contributed by atoms with Crippen molar-refractivity contribution in [3.63, 3.8) is 0 Å². The summed E-state index contributed by atoms with van der Waals surface area (Å²) in [4.78, 5) is 24.2. The van der Waals surface area contributed by atoms with Gasteiger partial charge in [-0.15, -0.1) is 0 Å². The number of hydrogen-bond donors (Lipinski definition) is 3. The maximum atomic E-state index is 12.1. The zero-order chi connectivity index (χ0) is 15.5. The smallest absolute Gasteiger partial charge is 0.237 e. The van der Waals surface area contributed by atoms with Crippen molar-refractivity contribution >= 4 is 29.1 Å². The van der Waals surface area contributed by atoms with Crippen LogP contribution in [-0.2, 0) is 9.59 Å². The van der Waals surface area contributed by atoms with Crippen molar-refractivity contribution in [1.29, 1.82) is 0 Å². The van der Waals surface area contributed by atoms with Gasteiger partial charge in [0.25, 0.3) is 0 Å². The molecule has 3 N–H and O–H groups in total. The van der Waals surface area contributed by atoms with E-state index in [1.165, 1.54) is 6.42 Å². The lowest BCUT2D eigenvalue weighted by Gasteiger charge is -2.40. The minimum absolute atomic E-state index is 0.0793. The van der Waals surface area contributed by atoms with Gasteiger partial charge in [0.2, 0.25) is 11.8 Å². The largest absolute Gasteiger partial charge is 0.350 e. The Bertz CT molecular complexity index is 578. The van der Waals surface area contributed by atoms with Gasteiger partial charge in [0, 0.05) is 22.8 Å². The average molecular weight is 322 g/mol. The van der Waals surface area contributed by atoms with Crippen molar-refractivity contribution in [2.45, 2.75) is 50.2 Å². The van der Waals surface area contributed by atoms with Gasteiger partial charge in [-0.25, -0.2) is 0 Å². The van der Waals surface area contributed by atoms with E-state index < -0.39 is 6.04 Å². The molecule has 0 aromatic heterocycles. The predicted molar refractivity (Wildman–Crippen MR) is 85.8 cm³/mol. The van der Waals surface area contributed by atoms with Crippen LogP contribution in [0.3, 0.4) is 0 Å². The first-order chi connectivity index (χ1) is 10.6. The lowest BCUT2D eigenvalue weighted by atomic mass is 9.87. The number of hydrogen-bond acceptors (Lipinski definition) is 3. The molecular formula is C16H20ClN3O2. The molecule has 118 valence electrons. The van der Waals surface area contributed by atoms with Crippen LogP contribution in [0.2, 0.25) is 5.02 Å². The summed E-state index contributed by atoms with van der Waals surface area (Å²) in [5.41, 5.74) is 0.643. The molecule has 0 radical (unpaired) electrons. The molecule has 0 spiro atoms. The van der Waals surface area contributed by atoms with Crippen molar-refractivity contribution in [1.82, 2.24) is 10.6 Å². The summed E-state index contributed by atoms with van der Waals surface area (Å²) >= 11 is 5.89. The molecular weight excluding hydrogens is 302 g/mol. The molecule has 2 fully saturated rings. The Labute approximate surface area is 134 Å². The molecule has 1 saturated heterocycles. The maximum Gasteiger partial charge on any atom is 0.237 e. The van der Waals surface area contributed by atoms with E-state index in [-0.39, 0.29) is 30.3 Å². The molecule has 2 aliphatic rings. The number of fused-ring (bicyclic) bond motifs is 1. The maximum absolute atomic E-state index is 12.1. The molecule has 1 heterocycles. The molecule has 0 unspecified atom stereocenters. The summed E-state index contributed by atoms with van der Waals surface area (Å²) in [7, 11) is 0. The molecule has 2 amide bonds. The molecule has 1 aliphatic heterocycles. The Morgan fingerprint density at radius 1 is 1.27 bits per heavy atom. The van der Waals surface area contributed by atoms with Gasteiger partial charge < -0.3 is 16.0 Å². The molecule has 1 aromatic carbocycles. The number of carbonyl (C=O) groups is 2. The first kappa shape index (κ1) is 15.3. The predicted octanol–water partition coefficient (Wildman–Crippen LogP) is 2.07. The Hall–Kier alpha value is -1.59. The fourth-order valence-corrected chi connectivity index (χ4v) is 3.43. The number of carbonyl (C=O) groups excluding carboxylic acids is 2. The topological polar surface area (TPSA) is 70.2 Å². The van der Waals surface area contributed by atoms with Crippen LogP contribution in [0.25, 0.3) is 0 Å². The second-order valence-corrected chi connectivity index (χ2v) is 6.42. The summed E-state index contributed by atoms with van der Waals surface area (Å²) in [6.07, 6.45) is 4.53. The third kappa shape index (κ3) is 3.59. The molecule has 5 nitrogen and oxygen atoms in total. The van der Waals surface area contributed by atoms with Crippen LogP contribution in [0.4, 0.5) is 5.69 Å². The van der Waals surface area contributed by atoms with E-state index in [2.05, 4.69) is 16.0 Å². The van der Waals surface area contributed by atoms with Crippen molar-refractivity contribution in [2.75, 3.05) is 5.32 Å². The van der Waals surface area contributed by atoms with Crippen LogP contribution >= 0.6 is 11.6 Å². The molecule has 6 heteroatoms. The van der Waals surface area contributed by atoms with Crippen LogP contribution in [0.5, 0.6) is 0 Å². The van der Waals surface area contributed by atoms with Crippen molar-refractivity contribution in [3.05, 3.63) is 29.3 Å². The number of benzene rings is 1. The number of rotatable bonds is 3. The third-order valence-electron chi connectivity index (χ3n) is 4.32. The highest BCUT2D eigenvalue weighted by atomic mass is 35.5. The minimum Gasteiger partial charge on any atom is -0.350 e. The van der Waals surface area contributed by atoms with Gasteiger partial charge in [0.05, 0.1) is 12.5 Å². The molecule has 1 saturated carbocycles. The van der Waals surface area contributed by atoms with E-state index in [0.29, 0.717) is 10.7 Å². The summed E-state index contributed by atoms with van der Waals surface area (Å²) in [5.74, 6) is -0.270. The lowest BCUT2D eigenvalue weighted by molar-refractivity contribution is -0.129. The monoisotopic (exact) mass is 321 g/mol. The zero-order valence-electron chi connectivity index (χ0n) is 12.3. The van der Waals surface area contributed by atoms with Gasteiger partial charge in [-0.3, -0.25) is 9.59 Å². The van der Waals surface area contributed by atoms with E-state index in [9.17, 15) is 9.59 Å². The SMILES string of the molecule is O=C(C[C@@H]1N[C@H]2CCCC[C@H]2NC1=O)Nc1cccc(Cl)c1. The Balaban J connectivity index is 1.57. The standard InChI is InChI=1S/C16H20ClN3O2/c17-10-4-3-5-11(8-10)18-15(21)9-14-16(22)20-13-7-2-1-6-12(13)19-14/h3-5,8,12-14,19H,1-2,6-7,9H2,(H,18,21)(H,20,22)/t12-,13+,14-/m0/s1. The molecule has 0 bridgehead atoms. The summed E-state index contributed by atoms with van der Waals surface area (Å²) in [5, 5.41) is 9.72. The van der Waals surface area contributed by atoms with Crippen molar-refractivity contribution in [3.8, 4) is 0 Å². The summed E-state index contributed by atoms with van der Waals surface area (Å²) in [6.45, 7) is 0. The van der Waals surface area contributed by atoms with Gasteiger partial charge in [-0.2, -0.15) is 0 Å². The van der Waals surface area contributed by atoms with E-state index in [1.807, 2.05) is 0 Å². The van der Waals surface area contributed by atoms with Gasteiger partial charge in [0.1, 0.15) is 0 Å². The highest BCUT2D eigenvalue weighted by Gasteiger charge is 2.36. The normalized spacial score (nSPS) is 27.7. The first-order valence-electron chi connectivity index (χ1n) is 7.73. The van der Waals surface area contributed by atoms with Gasteiger partial charge in [-0.1, -0.05) is 30.5 Å². The van der Waals surface area contributed by atoms with Crippen LogP contribution in [0, 0.1) is 0 Å². The number of piperazine rings is 1. The van der Waals surface area contributed by atoms with Crippen molar-refractivity contribution < 1.29 is 9.59 Å². The minimum atomic E-state index is -0.460. The van der Waals surface area contributed by atoms with Crippen LogP contribution in [0.15, 0.2) is 24.3 Å². The summed E-state index contributed by atoms with van der Waals surface area (Å²) < 4.78 is 0. The fraction of sp³-hybridized carbons (Fsp3) is 0.500. The quantitative estimate of drug-likeness (QED) is 0.798. The number of nitrogens with one attached hydrogen (secondary N) is 3. The number of halogens is 1. The van der Waals surface area contributed by atoms with Crippen LogP contribution in [-0.4, -0.2) is 29.9 Å². The summed E-state index contributed by atoms with van der Waals surface area (Å²) in [6, 6.07) is 7.02. The molecule has 1 aliphatic carbocycles.